The predicted molar refractivity (Wildman–Crippen MR) is 55.2 cm³/mol. The van der Waals surface area contributed by atoms with Crippen LogP contribution in [0.25, 0.3) is 0 Å². The van der Waals surface area contributed by atoms with E-state index in [1.54, 1.807) is 0 Å². The molecule has 1 saturated heterocycles. The van der Waals surface area contributed by atoms with Gasteiger partial charge in [-0.25, -0.2) is 8.78 Å². The van der Waals surface area contributed by atoms with E-state index in [1.165, 1.54) is 12.1 Å². The van der Waals surface area contributed by atoms with Crippen LogP contribution in [0.1, 0.15) is 18.4 Å². The lowest BCUT2D eigenvalue weighted by Crippen LogP contribution is -2.47. The number of hydrogen-bond acceptors (Lipinski definition) is 2. The molecule has 2 rings (SSSR count). The molecule has 1 heterocycles. The highest BCUT2D eigenvalue weighted by Crippen LogP contribution is 2.38. The first-order valence-electron chi connectivity index (χ1n) is 5.32. The number of benzene rings is 1. The summed E-state index contributed by atoms with van der Waals surface area (Å²) in [5.41, 5.74) is 0.120. The van der Waals surface area contributed by atoms with E-state index in [0.29, 0.717) is 31.6 Å². The lowest BCUT2D eigenvalue weighted by molar-refractivity contribution is -0.0681. The van der Waals surface area contributed by atoms with Crippen molar-refractivity contribution in [2.45, 2.75) is 18.3 Å². The molecule has 0 unspecified atom stereocenters. The van der Waals surface area contributed by atoms with E-state index in [0.717, 1.165) is 6.07 Å². The van der Waals surface area contributed by atoms with Crippen LogP contribution in [0, 0.1) is 11.6 Å². The number of rotatable bonds is 4. The van der Waals surface area contributed by atoms with E-state index in [9.17, 15) is 8.78 Å². The summed E-state index contributed by atoms with van der Waals surface area (Å²) < 4.78 is 31.6. The van der Waals surface area contributed by atoms with Crippen molar-refractivity contribution in [3.05, 3.63) is 35.4 Å². The molecule has 0 atom stereocenters. The summed E-state index contributed by atoms with van der Waals surface area (Å²) in [6, 6.07) is 3.64. The zero-order valence-corrected chi connectivity index (χ0v) is 8.88. The number of aliphatic hydroxyl groups is 1. The van der Waals surface area contributed by atoms with Gasteiger partial charge < -0.3 is 9.84 Å². The molecule has 0 amide bonds. The molecule has 1 fully saturated rings. The molecule has 4 heteroatoms. The highest BCUT2D eigenvalue weighted by Gasteiger charge is 2.41. The SMILES string of the molecule is OCCCC1(c2ccc(F)cc2F)COC1. The van der Waals surface area contributed by atoms with Crippen molar-refractivity contribution in [1.29, 1.82) is 0 Å². The first-order chi connectivity index (χ1) is 7.68. The van der Waals surface area contributed by atoms with E-state index in [1.807, 2.05) is 0 Å². The lowest BCUT2D eigenvalue weighted by Gasteiger charge is -2.42. The first kappa shape index (κ1) is 11.5. The molecule has 0 saturated carbocycles. The Bertz CT molecular complexity index is 375. The topological polar surface area (TPSA) is 29.5 Å². The molecule has 2 nitrogen and oxygen atoms in total. The van der Waals surface area contributed by atoms with Gasteiger partial charge in [-0.05, 0) is 24.5 Å². The highest BCUT2D eigenvalue weighted by molar-refractivity contribution is 5.30. The van der Waals surface area contributed by atoms with Crippen LogP contribution in [0.2, 0.25) is 0 Å². The molecule has 1 N–H and O–H groups in total. The molecule has 16 heavy (non-hydrogen) atoms. The third kappa shape index (κ3) is 1.95. The second kappa shape index (κ2) is 4.47. The predicted octanol–water partition coefficient (Wildman–Crippen LogP) is 2.01. The first-order valence-corrected chi connectivity index (χ1v) is 5.32. The maximum Gasteiger partial charge on any atom is 0.130 e. The summed E-state index contributed by atoms with van der Waals surface area (Å²) in [6.45, 7) is 0.954. The quantitative estimate of drug-likeness (QED) is 0.854. The van der Waals surface area contributed by atoms with Crippen molar-refractivity contribution in [3.8, 4) is 0 Å². The summed E-state index contributed by atoms with van der Waals surface area (Å²) >= 11 is 0. The average molecular weight is 228 g/mol. The van der Waals surface area contributed by atoms with E-state index in [-0.39, 0.29) is 12.0 Å². The minimum Gasteiger partial charge on any atom is -0.396 e. The van der Waals surface area contributed by atoms with Crippen molar-refractivity contribution in [2.24, 2.45) is 0 Å². The summed E-state index contributed by atoms with van der Waals surface area (Å²) in [4.78, 5) is 0. The monoisotopic (exact) mass is 228 g/mol. The zero-order chi connectivity index (χ0) is 11.6. The van der Waals surface area contributed by atoms with Gasteiger partial charge in [0.1, 0.15) is 11.6 Å². The fourth-order valence-electron chi connectivity index (χ4n) is 2.12. The van der Waals surface area contributed by atoms with Crippen LogP contribution >= 0.6 is 0 Å². The fourth-order valence-corrected chi connectivity index (χ4v) is 2.12. The van der Waals surface area contributed by atoms with Gasteiger partial charge in [0, 0.05) is 18.1 Å². The summed E-state index contributed by atoms with van der Waals surface area (Å²) in [5, 5.41) is 8.81. The molecule has 0 aliphatic carbocycles. The molecule has 1 aliphatic heterocycles. The number of aliphatic hydroxyl groups excluding tert-OH is 1. The molecule has 0 radical (unpaired) electrons. The van der Waals surface area contributed by atoms with E-state index < -0.39 is 11.6 Å². The minimum absolute atomic E-state index is 0.0740. The Morgan fingerprint density at radius 3 is 2.56 bits per heavy atom. The van der Waals surface area contributed by atoms with Crippen LogP contribution in [-0.2, 0) is 10.2 Å². The van der Waals surface area contributed by atoms with Gasteiger partial charge in [-0.1, -0.05) is 6.07 Å². The smallest absolute Gasteiger partial charge is 0.130 e. The Morgan fingerprint density at radius 1 is 1.31 bits per heavy atom. The zero-order valence-electron chi connectivity index (χ0n) is 8.88. The lowest BCUT2D eigenvalue weighted by atomic mass is 9.75. The molecule has 88 valence electrons. The van der Waals surface area contributed by atoms with Crippen LogP contribution in [0.4, 0.5) is 8.78 Å². The molecular weight excluding hydrogens is 214 g/mol. The van der Waals surface area contributed by atoms with Gasteiger partial charge in [0.25, 0.3) is 0 Å². The van der Waals surface area contributed by atoms with E-state index in [2.05, 4.69) is 0 Å². The fraction of sp³-hybridized carbons (Fsp3) is 0.500. The standard InChI is InChI=1S/C12H14F2O2/c13-9-2-3-10(11(14)6-9)12(4-1-5-15)7-16-8-12/h2-3,6,15H,1,4-5,7-8H2. The molecule has 1 aliphatic rings. The Balaban J connectivity index is 2.26. The third-order valence-corrected chi connectivity index (χ3v) is 3.07. The Hall–Kier alpha value is -1.00. The Labute approximate surface area is 92.9 Å². The summed E-state index contributed by atoms with van der Waals surface area (Å²) in [5.74, 6) is -1.10. The van der Waals surface area contributed by atoms with Crippen LogP contribution in [-0.4, -0.2) is 24.9 Å². The van der Waals surface area contributed by atoms with Gasteiger partial charge in [-0.15, -0.1) is 0 Å². The Kier molecular flexibility index (Phi) is 3.21. The van der Waals surface area contributed by atoms with Gasteiger partial charge in [-0.2, -0.15) is 0 Å². The van der Waals surface area contributed by atoms with E-state index >= 15 is 0 Å². The Morgan fingerprint density at radius 2 is 2.06 bits per heavy atom. The molecule has 0 spiro atoms. The average Bonchev–Trinajstić information content (AvgIpc) is 2.19. The van der Waals surface area contributed by atoms with Gasteiger partial charge in [0.15, 0.2) is 0 Å². The maximum atomic E-state index is 13.6. The van der Waals surface area contributed by atoms with Crippen LogP contribution in [0.3, 0.4) is 0 Å². The van der Waals surface area contributed by atoms with Gasteiger partial charge >= 0.3 is 0 Å². The van der Waals surface area contributed by atoms with Crippen LogP contribution in [0.15, 0.2) is 18.2 Å². The molecule has 1 aromatic rings. The van der Waals surface area contributed by atoms with Gasteiger partial charge in [0.05, 0.1) is 13.2 Å². The van der Waals surface area contributed by atoms with E-state index in [4.69, 9.17) is 9.84 Å². The van der Waals surface area contributed by atoms with Crippen LogP contribution < -0.4 is 0 Å². The van der Waals surface area contributed by atoms with Crippen molar-refractivity contribution < 1.29 is 18.6 Å². The number of halogens is 2. The normalized spacial score (nSPS) is 18.2. The van der Waals surface area contributed by atoms with Crippen molar-refractivity contribution >= 4 is 0 Å². The summed E-state index contributed by atoms with van der Waals surface area (Å²) in [7, 11) is 0. The van der Waals surface area contributed by atoms with Crippen LogP contribution in [0.5, 0.6) is 0 Å². The molecule has 0 bridgehead atoms. The number of hydrogen-bond donors (Lipinski definition) is 1. The third-order valence-electron chi connectivity index (χ3n) is 3.07. The highest BCUT2D eigenvalue weighted by atomic mass is 19.1. The number of ether oxygens (including phenoxy) is 1. The van der Waals surface area contributed by atoms with Crippen molar-refractivity contribution in [3.63, 3.8) is 0 Å². The summed E-state index contributed by atoms with van der Waals surface area (Å²) in [6.07, 6.45) is 1.26. The van der Waals surface area contributed by atoms with Crippen molar-refractivity contribution in [1.82, 2.24) is 0 Å². The molecular formula is C12H14F2O2. The molecule has 1 aromatic carbocycles. The largest absolute Gasteiger partial charge is 0.396 e. The second-order valence-corrected chi connectivity index (χ2v) is 4.22. The maximum absolute atomic E-state index is 13.6. The molecule has 0 aromatic heterocycles. The van der Waals surface area contributed by atoms with Crippen molar-refractivity contribution in [2.75, 3.05) is 19.8 Å². The van der Waals surface area contributed by atoms with Gasteiger partial charge in [0.2, 0.25) is 0 Å². The minimum atomic E-state index is -0.571. The second-order valence-electron chi connectivity index (χ2n) is 4.22. The van der Waals surface area contributed by atoms with Gasteiger partial charge in [-0.3, -0.25) is 0 Å².